The third kappa shape index (κ3) is 4.23. The van der Waals surface area contributed by atoms with E-state index in [1.54, 1.807) is 0 Å². The fourth-order valence-electron chi connectivity index (χ4n) is 1.31. The lowest BCUT2D eigenvalue weighted by Crippen LogP contribution is -2.38. The summed E-state index contributed by atoms with van der Waals surface area (Å²) in [6.45, 7) is 13.7. The number of carbonyl (C=O) groups excluding carboxylic acids is 1. The molecule has 0 heterocycles. The van der Waals surface area contributed by atoms with Crippen LogP contribution in [0, 0.1) is 5.41 Å². The Labute approximate surface area is 88.0 Å². The Morgan fingerprint density at radius 1 is 1.21 bits per heavy atom. The summed E-state index contributed by atoms with van der Waals surface area (Å²) in [5.74, 6) is 0.190. The lowest BCUT2D eigenvalue weighted by atomic mass is 9.83. The number of ether oxygens (including phenoxy) is 1. The maximum atomic E-state index is 11.9. The fraction of sp³-hybridized carbons (Fsp3) is 0.917. The van der Waals surface area contributed by atoms with Gasteiger partial charge in [0.15, 0.2) is 5.78 Å². The van der Waals surface area contributed by atoms with Gasteiger partial charge in [-0.05, 0) is 34.1 Å². The van der Waals surface area contributed by atoms with Crippen LogP contribution in [0.2, 0.25) is 0 Å². The van der Waals surface area contributed by atoms with Crippen molar-refractivity contribution in [2.24, 2.45) is 5.41 Å². The summed E-state index contributed by atoms with van der Waals surface area (Å²) < 4.78 is 5.64. The highest BCUT2D eigenvalue weighted by Crippen LogP contribution is 2.25. The van der Waals surface area contributed by atoms with Crippen LogP contribution < -0.4 is 0 Å². The first-order valence-electron chi connectivity index (χ1n) is 5.32. The van der Waals surface area contributed by atoms with E-state index in [9.17, 15) is 4.79 Å². The maximum absolute atomic E-state index is 11.9. The van der Waals surface area contributed by atoms with Crippen LogP contribution in [0.1, 0.15) is 54.9 Å². The van der Waals surface area contributed by atoms with Gasteiger partial charge in [0.1, 0.15) is 6.10 Å². The van der Waals surface area contributed by atoms with Gasteiger partial charge in [0.25, 0.3) is 0 Å². The number of ketones is 1. The molecule has 0 aromatic rings. The molecule has 0 rings (SSSR count). The van der Waals surface area contributed by atoms with Crippen LogP contribution >= 0.6 is 0 Å². The quantitative estimate of drug-likeness (QED) is 0.696. The number of carbonyl (C=O) groups is 1. The average Bonchev–Trinajstić information content (AvgIpc) is 2.00. The molecule has 0 aliphatic rings. The average molecular weight is 200 g/mol. The molecule has 0 spiro atoms. The second-order valence-corrected chi connectivity index (χ2v) is 5.47. The van der Waals surface area contributed by atoms with Crippen LogP contribution in [-0.2, 0) is 9.53 Å². The van der Waals surface area contributed by atoms with E-state index in [1.807, 2.05) is 48.5 Å². The van der Waals surface area contributed by atoms with Gasteiger partial charge in [0.2, 0.25) is 0 Å². The van der Waals surface area contributed by atoms with Gasteiger partial charge in [-0.1, -0.05) is 20.8 Å². The summed E-state index contributed by atoms with van der Waals surface area (Å²) in [4.78, 5) is 11.9. The molecule has 1 unspecified atom stereocenters. The first-order chi connectivity index (χ1) is 6.10. The molecule has 0 radical (unpaired) electrons. The van der Waals surface area contributed by atoms with Crippen LogP contribution in [0.25, 0.3) is 0 Å². The second kappa shape index (κ2) is 4.43. The first-order valence-corrected chi connectivity index (χ1v) is 5.32. The molecule has 0 aliphatic heterocycles. The molecule has 2 heteroatoms. The van der Waals surface area contributed by atoms with Crippen molar-refractivity contribution in [3.8, 4) is 0 Å². The highest BCUT2D eigenvalue weighted by atomic mass is 16.5. The van der Waals surface area contributed by atoms with E-state index in [2.05, 4.69) is 0 Å². The number of Topliss-reactive ketones (excluding diaryl/α,β-unsaturated/α-hetero) is 1. The molecule has 0 amide bonds. The summed E-state index contributed by atoms with van der Waals surface area (Å²) in [7, 11) is 0. The molecule has 0 aliphatic carbocycles. The molecule has 0 N–H and O–H groups in total. The van der Waals surface area contributed by atoms with E-state index in [1.165, 1.54) is 0 Å². The minimum atomic E-state index is -0.315. The SMILES string of the molecule is CCC(C)(C)C(=O)C(C)OC(C)(C)C. The number of hydrogen-bond donors (Lipinski definition) is 0. The number of rotatable bonds is 4. The normalized spacial score (nSPS) is 15.4. The predicted molar refractivity (Wildman–Crippen MR) is 59.4 cm³/mol. The highest BCUT2D eigenvalue weighted by Gasteiger charge is 2.32. The van der Waals surface area contributed by atoms with E-state index in [4.69, 9.17) is 4.74 Å². The van der Waals surface area contributed by atoms with Crippen molar-refractivity contribution >= 4 is 5.78 Å². The van der Waals surface area contributed by atoms with Crippen molar-refractivity contribution in [2.45, 2.75) is 66.6 Å². The summed E-state index contributed by atoms with van der Waals surface area (Å²) >= 11 is 0. The summed E-state index contributed by atoms with van der Waals surface area (Å²) in [6.07, 6.45) is 0.536. The molecule has 14 heavy (non-hydrogen) atoms. The van der Waals surface area contributed by atoms with Crippen LogP contribution in [0.3, 0.4) is 0 Å². The summed E-state index contributed by atoms with van der Waals surface area (Å²) in [6, 6.07) is 0. The van der Waals surface area contributed by atoms with Gasteiger partial charge in [0, 0.05) is 5.41 Å². The van der Waals surface area contributed by atoms with Crippen molar-refractivity contribution in [1.82, 2.24) is 0 Å². The molecular weight excluding hydrogens is 176 g/mol. The van der Waals surface area contributed by atoms with E-state index in [0.29, 0.717) is 0 Å². The Balaban J connectivity index is 4.41. The molecule has 0 fully saturated rings. The standard InChI is InChI=1S/C12H24O2/c1-8-12(6,7)10(13)9(2)14-11(3,4)5/h9H,8H2,1-7H3. The molecule has 0 saturated carbocycles. The largest absolute Gasteiger partial charge is 0.365 e. The summed E-state index contributed by atoms with van der Waals surface area (Å²) in [5, 5.41) is 0. The fourth-order valence-corrected chi connectivity index (χ4v) is 1.31. The van der Waals surface area contributed by atoms with Crippen molar-refractivity contribution in [2.75, 3.05) is 0 Å². The van der Waals surface area contributed by atoms with Crippen molar-refractivity contribution in [3.05, 3.63) is 0 Å². The van der Waals surface area contributed by atoms with Crippen molar-refractivity contribution in [1.29, 1.82) is 0 Å². The molecule has 2 nitrogen and oxygen atoms in total. The third-order valence-electron chi connectivity index (χ3n) is 2.45. The molecule has 1 atom stereocenters. The van der Waals surface area contributed by atoms with Gasteiger partial charge in [-0.15, -0.1) is 0 Å². The van der Waals surface area contributed by atoms with Gasteiger partial charge in [-0.25, -0.2) is 0 Å². The van der Waals surface area contributed by atoms with Crippen LogP contribution in [0.15, 0.2) is 0 Å². The second-order valence-electron chi connectivity index (χ2n) is 5.47. The lowest BCUT2D eigenvalue weighted by molar-refractivity contribution is -0.146. The van der Waals surface area contributed by atoms with Crippen LogP contribution in [0.5, 0.6) is 0 Å². The molecule has 0 aromatic carbocycles. The first kappa shape index (κ1) is 13.6. The summed E-state index contributed by atoms with van der Waals surface area (Å²) in [5.41, 5.74) is -0.524. The van der Waals surface area contributed by atoms with Gasteiger partial charge < -0.3 is 4.74 Å². The lowest BCUT2D eigenvalue weighted by Gasteiger charge is -2.30. The van der Waals surface area contributed by atoms with E-state index in [-0.39, 0.29) is 22.9 Å². The van der Waals surface area contributed by atoms with Crippen molar-refractivity contribution < 1.29 is 9.53 Å². The van der Waals surface area contributed by atoms with Gasteiger partial charge in [-0.2, -0.15) is 0 Å². The monoisotopic (exact) mass is 200 g/mol. The Hall–Kier alpha value is -0.370. The predicted octanol–water partition coefficient (Wildman–Crippen LogP) is 3.20. The number of hydrogen-bond acceptors (Lipinski definition) is 2. The molecular formula is C12H24O2. The Morgan fingerprint density at radius 2 is 1.64 bits per heavy atom. The molecule has 0 bridgehead atoms. The van der Waals surface area contributed by atoms with Gasteiger partial charge >= 0.3 is 0 Å². The maximum Gasteiger partial charge on any atom is 0.166 e. The van der Waals surface area contributed by atoms with E-state index >= 15 is 0 Å². The minimum Gasteiger partial charge on any atom is -0.365 e. The molecule has 0 aromatic heterocycles. The van der Waals surface area contributed by atoms with Crippen LogP contribution in [0.4, 0.5) is 0 Å². The smallest absolute Gasteiger partial charge is 0.166 e. The third-order valence-corrected chi connectivity index (χ3v) is 2.45. The molecule has 0 saturated heterocycles. The Bertz CT molecular complexity index is 199. The zero-order valence-electron chi connectivity index (χ0n) is 10.6. The van der Waals surface area contributed by atoms with E-state index in [0.717, 1.165) is 6.42 Å². The van der Waals surface area contributed by atoms with E-state index < -0.39 is 0 Å². The van der Waals surface area contributed by atoms with Crippen molar-refractivity contribution in [3.63, 3.8) is 0 Å². The molecule has 84 valence electrons. The van der Waals surface area contributed by atoms with Gasteiger partial charge in [-0.3, -0.25) is 4.79 Å². The zero-order chi connectivity index (χ0) is 11.6. The Kier molecular flexibility index (Phi) is 4.32. The van der Waals surface area contributed by atoms with Crippen LogP contribution in [-0.4, -0.2) is 17.5 Å². The van der Waals surface area contributed by atoms with Gasteiger partial charge in [0.05, 0.1) is 5.60 Å². The minimum absolute atomic E-state index is 0.190. The zero-order valence-corrected chi connectivity index (χ0v) is 10.6. The topological polar surface area (TPSA) is 26.3 Å². The highest BCUT2D eigenvalue weighted by molar-refractivity contribution is 5.87. The Morgan fingerprint density at radius 3 is 1.93 bits per heavy atom.